The molecule has 2 amide bonds. The second kappa shape index (κ2) is 6.22. The highest BCUT2D eigenvalue weighted by Crippen LogP contribution is 2.39. The summed E-state index contributed by atoms with van der Waals surface area (Å²) in [6.45, 7) is 8.82. The molecule has 0 aromatic rings. The summed E-state index contributed by atoms with van der Waals surface area (Å²) in [6, 6.07) is -0.651. The molecule has 2 aliphatic rings. The van der Waals surface area contributed by atoms with E-state index in [1.165, 1.54) is 6.92 Å². The highest BCUT2D eigenvalue weighted by Gasteiger charge is 2.56. The van der Waals surface area contributed by atoms with Crippen LogP contribution in [0.3, 0.4) is 0 Å². The minimum absolute atomic E-state index is 0.0858. The maximum Gasteiger partial charge on any atom is 0.407 e. The van der Waals surface area contributed by atoms with Crippen molar-refractivity contribution in [2.45, 2.75) is 64.8 Å². The summed E-state index contributed by atoms with van der Waals surface area (Å²) in [5.74, 6) is -0.491. The lowest BCUT2D eigenvalue weighted by molar-refractivity contribution is -0.138. The summed E-state index contributed by atoms with van der Waals surface area (Å²) >= 11 is 0. The number of esters is 1. The van der Waals surface area contributed by atoms with Gasteiger partial charge in [0.25, 0.3) is 0 Å². The summed E-state index contributed by atoms with van der Waals surface area (Å²) < 4.78 is 10.3. The van der Waals surface area contributed by atoms with Crippen molar-refractivity contribution in [3.05, 3.63) is 11.6 Å². The predicted molar refractivity (Wildman–Crippen MR) is 82.6 cm³/mol. The van der Waals surface area contributed by atoms with Gasteiger partial charge in [-0.3, -0.25) is 4.79 Å². The molecule has 23 heavy (non-hydrogen) atoms. The zero-order chi connectivity index (χ0) is 17.4. The van der Waals surface area contributed by atoms with Gasteiger partial charge >= 0.3 is 12.1 Å². The van der Waals surface area contributed by atoms with Crippen LogP contribution in [0, 0.1) is 0 Å². The Bertz CT molecular complexity index is 549. The van der Waals surface area contributed by atoms with Gasteiger partial charge in [0, 0.05) is 18.9 Å². The molecule has 2 rings (SSSR count). The summed E-state index contributed by atoms with van der Waals surface area (Å²) in [7, 11) is 0. The average molecular weight is 324 g/mol. The van der Waals surface area contributed by atoms with Crippen LogP contribution in [0.25, 0.3) is 0 Å². The molecule has 1 N–H and O–H groups in total. The maximum absolute atomic E-state index is 12.0. The molecule has 0 aromatic carbocycles. The molecule has 1 aliphatic carbocycles. The molecular formula is C16H24N2O5. The van der Waals surface area contributed by atoms with E-state index in [0.29, 0.717) is 12.0 Å². The molecule has 0 saturated carbocycles. The van der Waals surface area contributed by atoms with Gasteiger partial charge in [-0.2, -0.15) is 0 Å². The van der Waals surface area contributed by atoms with Gasteiger partial charge < -0.3 is 19.7 Å². The Labute approximate surface area is 136 Å². The lowest BCUT2D eigenvalue weighted by atomic mass is 9.95. The number of hydrogen-bond acceptors (Lipinski definition) is 5. The van der Waals surface area contributed by atoms with E-state index < -0.39 is 17.7 Å². The molecule has 0 bridgehead atoms. The van der Waals surface area contributed by atoms with Gasteiger partial charge in [-0.15, -0.1) is 0 Å². The molecule has 3 atom stereocenters. The van der Waals surface area contributed by atoms with E-state index in [0.717, 1.165) is 0 Å². The molecule has 0 radical (unpaired) electrons. The predicted octanol–water partition coefficient (Wildman–Crippen LogP) is 1.37. The number of nitrogens with zero attached hydrogens (tertiary/aromatic N) is 1. The second-order valence-corrected chi connectivity index (χ2v) is 6.78. The third kappa shape index (κ3) is 4.03. The van der Waals surface area contributed by atoms with Crippen molar-refractivity contribution in [3.63, 3.8) is 0 Å². The smallest absolute Gasteiger partial charge is 0.407 e. The molecule has 7 heteroatoms. The van der Waals surface area contributed by atoms with E-state index in [-0.39, 0.29) is 30.6 Å². The van der Waals surface area contributed by atoms with Crippen molar-refractivity contribution < 1.29 is 23.9 Å². The van der Waals surface area contributed by atoms with Crippen LogP contribution in [0.5, 0.6) is 0 Å². The van der Waals surface area contributed by atoms with Crippen LogP contribution in [0.4, 0.5) is 4.79 Å². The van der Waals surface area contributed by atoms with Crippen molar-refractivity contribution in [2.75, 3.05) is 6.61 Å². The van der Waals surface area contributed by atoms with Gasteiger partial charge in [-0.1, -0.05) is 0 Å². The molecule has 1 fully saturated rings. The number of rotatable bonds is 3. The first-order valence-electron chi connectivity index (χ1n) is 7.80. The van der Waals surface area contributed by atoms with Crippen molar-refractivity contribution in [3.8, 4) is 0 Å². The normalized spacial score (nSPS) is 25.9. The SMILES string of the molecule is CCOC(=O)C1=CC2C(C(NC(=O)OC(C)(C)C)C1)N2C(C)=O. The molecule has 0 aromatic heterocycles. The number of alkyl carbamates (subject to hydrolysis) is 1. The minimum atomic E-state index is -0.609. The largest absolute Gasteiger partial charge is 0.463 e. The zero-order valence-electron chi connectivity index (χ0n) is 14.2. The lowest BCUT2D eigenvalue weighted by Crippen LogP contribution is -2.45. The molecule has 1 aliphatic heterocycles. The molecule has 1 heterocycles. The average Bonchev–Trinajstić information content (AvgIpc) is 3.11. The van der Waals surface area contributed by atoms with Crippen LogP contribution in [0.2, 0.25) is 0 Å². The minimum Gasteiger partial charge on any atom is -0.463 e. The summed E-state index contributed by atoms with van der Waals surface area (Å²) in [6.07, 6.45) is 1.53. The van der Waals surface area contributed by atoms with Crippen molar-refractivity contribution in [1.82, 2.24) is 10.2 Å². The molecule has 128 valence electrons. The number of amides is 2. The fourth-order valence-electron chi connectivity index (χ4n) is 2.90. The van der Waals surface area contributed by atoms with Gasteiger partial charge in [0.1, 0.15) is 5.60 Å². The van der Waals surface area contributed by atoms with Crippen LogP contribution in [0.1, 0.15) is 41.0 Å². The number of fused-ring (bicyclic) bond motifs is 1. The Morgan fingerprint density at radius 1 is 1.35 bits per heavy atom. The van der Waals surface area contributed by atoms with Crippen molar-refractivity contribution in [1.29, 1.82) is 0 Å². The van der Waals surface area contributed by atoms with Crippen LogP contribution in [-0.4, -0.2) is 53.2 Å². The second-order valence-electron chi connectivity index (χ2n) is 6.78. The Morgan fingerprint density at radius 3 is 2.52 bits per heavy atom. The quantitative estimate of drug-likeness (QED) is 0.626. The molecule has 1 saturated heterocycles. The number of hydrogen-bond donors (Lipinski definition) is 1. The first-order valence-corrected chi connectivity index (χ1v) is 7.80. The van der Waals surface area contributed by atoms with E-state index in [2.05, 4.69) is 5.32 Å². The number of carbonyl (C=O) groups is 3. The molecule has 3 unspecified atom stereocenters. The van der Waals surface area contributed by atoms with Crippen LogP contribution in [-0.2, 0) is 19.1 Å². The van der Waals surface area contributed by atoms with Crippen LogP contribution in [0.15, 0.2) is 11.6 Å². The molecule has 0 spiro atoms. The van der Waals surface area contributed by atoms with Gasteiger partial charge in [-0.05, 0) is 33.8 Å². The van der Waals surface area contributed by atoms with Crippen molar-refractivity contribution >= 4 is 18.0 Å². The van der Waals surface area contributed by atoms with Gasteiger partial charge in [0.2, 0.25) is 5.91 Å². The van der Waals surface area contributed by atoms with E-state index >= 15 is 0 Å². The lowest BCUT2D eigenvalue weighted by Gasteiger charge is -2.25. The number of ether oxygens (including phenoxy) is 2. The maximum atomic E-state index is 12.0. The zero-order valence-corrected chi connectivity index (χ0v) is 14.2. The van der Waals surface area contributed by atoms with Crippen LogP contribution < -0.4 is 5.32 Å². The third-order valence-electron chi connectivity index (χ3n) is 3.73. The van der Waals surface area contributed by atoms with E-state index in [1.54, 1.807) is 38.7 Å². The highest BCUT2D eigenvalue weighted by atomic mass is 16.6. The molecular weight excluding hydrogens is 300 g/mol. The van der Waals surface area contributed by atoms with Crippen molar-refractivity contribution in [2.24, 2.45) is 0 Å². The monoisotopic (exact) mass is 324 g/mol. The Morgan fingerprint density at radius 2 is 2.00 bits per heavy atom. The third-order valence-corrected chi connectivity index (χ3v) is 3.73. The summed E-state index contributed by atoms with van der Waals surface area (Å²) in [5, 5.41) is 2.78. The Balaban J connectivity index is 2.10. The first kappa shape index (κ1) is 17.3. The first-order chi connectivity index (χ1) is 10.6. The van der Waals surface area contributed by atoms with Gasteiger partial charge in [0.15, 0.2) is 0 Å². The van der Waals surface area contributed by atoms with Crippen LogP contribution >= 0.6 is 0 Å². The summed E-state index contributed by atoms with van der Waals surface area (Å²) in [4.78, 5) is 37.3. The topological polar surface area (TPSA) is 84.7 Å². The summed E-state index contributed by atoms with van der Waals surface area (Å²) in [5.41, 5.74) is -0.125. The standard InChI is InChI=1S/C16H24N2O5/c1-6-22-14(20)10-7-11(17-15(21)23-16(3,4)5)13-12(8-10)18(13)9(2)19/h8,11-13H,6-7H2,1-5H3,(H,17,21). The van der Waals surface area contributed by atoms with Gasteiger partial charge in [-0.25, -0.2) is 9.59 Å². The van der Waals surface area contributed by atoms with E-state index in [9.17, 15) is 14.4 Å². The Kier molecular flexibility index (Phi) is 4.68. The number of nitrogens with one attached hydrogen (secondary N) is 1. The fourth-order valence-corrected chi connectivity index (χ4v) is 2.90. The highest BCUT2D eigenvalue weighted by molar-refractivity contribution is 5.90. The van der Waals surface area contributed by atoms with Gasteiger partial charge in [0.05, 0.1) is 24.7 Å². The Hall–Kier alpha value is -2.05. The number of carbonyl (C=O) groups excluding carboxylic acids is 3. The van der Waals surface area contributed by atoms with E-state index in [4.69, 9.17) is 9.47 Å². The van der Waals surface area contributed by atoms with E-state index in [1.807, 2.05) is 0 Å². The fraction of sp³-hybridized carbons (Fsp3) is 0.688. The molecule has 7 nitrogen and oxygen atoms in total.